The van der Waals surface area contributed by atoms with Crippen LogP contribution < -0.4 is 14.8 Å². The van der Waals surface area contributed by atoms with Crippen molar-refractivity contribution in [3.63, 3.8) is 0 Å². The lowest BCUT2D eigenvalue weighted by Crippen LogP contribution is -2.38. The molecule has 0 radical (unpaired) electrons. The number of amides is 1. The van der Waals surface area contributed by atoms with E-state index in [1.54, 1.807) is 51.1 Å². The van der Waals surface area contributed by atoms with Crippen molar-refractivity contribution in [1.82, 2.24) is 0 Å². The second-order valence-electron chi connectivity index (χ2n) is 7.80. The van der Waals surface area contributed by atoms with Gasteiger partial charge in [-0.3, -0.25) is 5.32 Å². The Morgan fingerprint density at radius 1 is 1.07 bits per heavy atom. The van der Waals surface area contributed by atoms with E-state index in [9.17, 15) is 9.59 Å². The molecule has 28 heavy (non-hydrogen) atoms. The summed E-state index contributed by atoms with van der Waals surface area (Å²) < 4.78 is 22.7. The molecule has 1 spiro atoms. The molecule has 0 aliphatic carbocycles. The van der Waals surface area contributed by atoms with Crippen molar-refractivity contribution in [1.29, 1.82) is 0 Å². The van der Waals surface area contributed by atoms with Gasteiger partial charge in [0.2, 0.25) is 5.60 Å². The maximum absolute atomic E-state index is 12.4. The van der Waals surface area contributed by atoms with E-state index in [0.29, 0.717) is 28.3 Å². The molecule has 1 N–H and O–H groups in total. The van der Waals surface area contributed by atoms with Crippen molar-refractivity contribution in [2.24, 2.45) is 0 Å². The first kappa shape index (κ1) is 18.2. The van der Waals surface area contributed by atoms with Gasteiger partial charge in [-0.1, -0.05) is 12.1 Å². The van der Waals surface area contributed by atoms with Gasteiger partial charge >= 0.3 is 12.1 Å². The molecule has 2 aromatic carbocycles. The Labute approximate surface area is 162 Å². The molecule has 7 heteroatoms. The highest BCUT2D eigenvalue weighted by atomic mass is 16.6. The van der Waals surface area contributed by atoms with Crippen LogP contribution >= 0.6 is 0 Å². The van der Waals surface area contributed by atoms with Crippen LogP contribution in [-0.2, 0) is 15.1 Å². The number of nitrogens with one attached hydrogen (secondary N) is 1. The van der Waals surface area contributed by atoms with E-state index < -0.39 is 23.3 Å². The molecule has 0 bridgehead atoms. The van der Waals surface area contributed by atoms with Crippen molar-refractivity contribution < 1.29 is 28.5 Å². The van der Waals surface area contributed by atoms with Crippen LogP contribution in [0.5, 0.6) is 11.5 Å². The van der Waals surface area contributed by atoms with Gasteiger partial charge in [0.05, 0.1) is 5.56 Å². The molecule has 0 saturated heterocycles. The Balaban J connectivity index is 1.62. The summed E-state index contributed by atoms with van der Waals surface area (Å²) in [6.07, 6.45) is -0.576. The predicted molar refractivity (Wildman–Crippen MR) is 101 cm³/mol. The number of hydrogen-bond donors (Lipinski definition) is 1. The molecule has 2 aliphatic rings. The molecular formula is C21H21NO6. The van der Waals surface area contributed by atoms with E-state index in [4.69, 9.17) is 18.9 Å². The zero-order valence-corrected chi connectivity index (χ0v) is 15.9. The molecule has 0 atom stereocenters. The highest BCUT2D eigenvalue weighted by Crippen LogP contribution is 2.42. The molecular weight excluding hydrogens is 362 g/mol. The number of carbonyl (C=O) groups is 2. The van der Waals surface area contributed by atoms with Crippen LogP contribution in [0.25, 0.3) is 0 Å². The van der Waals surface area contributed by atoms with Crippen LogP contribution in [0, 0.1) is 0 Å². The van der Waals surface area contributed by atoms with E-state index in [1.807, 2.05) is 12.1 Å². The van der Waals surface area contributed by atoms with Crippen molar-refractivity contribution >= 4 is 17.7 Å². The fraction of sp³-hybridized carbons (Fsp3) is 0.333. The maximum atomic E-state index is 12.4. The number of anilines is 1. The monoisotopic (exact) mass is 383 g/mol. The van der Waals surface area contributed by atoms with Crippen LogP contribution in [0.1, 0.15) is 36.7 Å². The van der Waals surface area contributed by atoms with E-state index >= 15 is 0 Å². The van der Waals surface area contributed by atoms with Crippen LogP contribution in [0.2, 0.25) is 0 Å². The lowest BCUT2D eigenvalue weighted by atomic mass is 9.93. The summed E-state index contributed by atoms with van der Waals surface area (Å²) in [7, 11) is 0. The van der Waals surface area contributed by atoms with Gasteiger partial charge in [0.25, 0.3) is 0 Å². The zero-order chi connectivity index (χ0) is 19.9. The molecule has 0 saturated carbocycles. The van der Waals surface area contributed by atoms with Gasteiger partial charge in [-0.2, -0.15) is 0 Å². The van der Waals surface area contributed by atoms with Gasteiger partial charge in [-0.25, -0.2) is 9.59 Å². The number of fused-ring (bicyclic) bond motifs is 3. The minimum absolute atomic E-state index is 0.110. The predicted octanol–water partition coefficient (Wildman–Crippen LogP) is 3.87. The molecule has 2 heterocycles. The minimum Gasteiger partial charge on any atom is -0.485 e. The van der Waals surface area contributed by atoms with Crippen molar-refractivity contribution in [3.8, 4) is 11.5 Å². The molecule has 2 aromatic rings. The van der Waals surface area contributed by atoms with Gasteiger partial charge in [0.1, 0.15) is 18.8 Å². The fourth-order valence-corrected chi connectivity index (χ4v) is 3.22. The highest BCUT2D eigenvalue weighted by molar-refractivity contribution is 5.96. The number of ether oxygens (including phenoxy) is 4. The first-order valence-electron chi connectivity index (χ1n) is 8.98. The average Bonchev–Trinajstić information content (AvgIpc) is 2.77. The first-order chi connectivity index (χ1) is 13.3. The summed E-state index contributed by atoms with van der Waals surface area (Å²) in [5.74, 6) is 0.732. The van der Waals surface area contributed by atoms with Gasteiger partial charge < -0.3 is 18.9 Å². The third kappa shape index (κ3) is 3.35. The Morgan fingerprint density at radius 3 is 2.32 bits per heavy atom. The quantitative estimate of drug-likeness (QED) is 0.753. The smallest absolute Gasteiger partial charge is 0.412 e. The Bertz CT molecular complexity index is 919. The Hall–Kier alpha value is -3.22. The molecule has 7 nitrogen and oxygen atoms in total. The van der Waals surface area contributed by atoms with Crippen molar-refractivity contribution in [3.05, 3.63) is 53.6 Å². The number of benzene rings is 2. The van der Waals surface area contributed by atoms with Gasteiger partial charge in [0, 0.05) is 11.3 Å². The van der Waals surface area contributed by atoms with Gasteiger partial charge in [-0.15, -0.1) is 0 Å². The van der Waals surface area contributed by atoms with E-state index in [-0.39, 0.29) is 13.2 Å². The van der Waals surface area contributed by atoms with E-state index in [0.717, 1.165) is 0 Å². The van der Waals surface area contributed by atoms with E-state index in [2.05, 4.69) is 5.32 Å². The lowest BCUT2D eigenvalue weighted by molar-refractivity contribution is -0.0481. The summed E-state index contributed by atoms with van der Waals surface area (Å²) in [4.78, 5) is 24.5. The molecule has 0 fully saturated rings. The number of esters is 1. The van der Waals surface area contributed by atoms with Crippen LogP contribution in [0.15, 0.2) is 42.5 Å². The van der Waals surface area contributed by atoms with Crippen LogP contribution in [0.4, 0.5) is 10.5 Å². The summed E-state index contributed by atoms with van der Waals surface area (Å²) in [5.41, 5.74) is -0.174. The Kier molecular flexibility index (Phi) is 4.18. The van der Waals surface area contributed by atoms with Crippen molar-refractivity contribution in [2.45, 2.75) is 32.0 Å². The van der Waals surface area contributed by atoms with Crippen LogP contribution in [-0.4, -0.2) is 30.9 Å². The number of hydrogen-bond acceptors (Lipinski definition) is 6. The lowest BCUT2D eigenvalue weighted by Gasteiger charge is -2.26. The molecule has 4 rings (SSSR count). The minimum atomic E-state index is -1.09. The zero-order valence-electron chi connectivity index (χ0n) is 15.9. The molecule has 0 unspecified atom stereocenters. The Morgan fingerprint density at radius 2 is 1.71 bits per heavy atom. The standard InChI is InChI=1S/C21H21NO6/c1-20(2,3)28-19(24)22-13-8-9-14-15(10-13)21(27-18(14)23)11-25-16-6-4-5-7-17(16)26-12-21/h4-10H,11-12H2,1-3H3,(H,22,24). The molecule has 1 amide bonds. The second kappa shape index (κ2) is 6.44. The number of carbonyl (C=O) groups excluding carboxylic acids is 2. The van der Waals surface area contributed by atoms with Crippen molar-refractivity contribution in [2.75, 3.05) is 18.5 Å². The molecule has 146 valence electrons. The summed E-state index contributed by atoms with van der Waals surface area (Å²) in [6.45, 7) is 5.58. The molecule has 2 aliphatic heterocycles. The van der Waals surface area contributed by atoms with Gasteiger partial charge in [0.15, 0.2) is 11.5 Å². The van der Waals surface area contributed by atoms with Gasteiger partial charge in [-0.05, 0) is 51.1 Å². The number of rotatable bonds is 1. The van der Waals surface area contributed by atoms with Crippen LogP contribution in [0.3, 0.4) is 0 Å². The first-order valence-corrected chi connectivity index (χ1v) is 8.98. The normalized spacial score (nSPS) is 16.8. The third-order valence-electron chi connectivity index (χ3n) is 4.43. The van der Waals surface area contributed by atoms with E-state index in [1.165, 1.54) is 0 Å². The summed E-state index contributed by atoms with van der Waals surface area (Å²) in [5, 5.41) is 2.69. The average molecular weight is 383 g/mol. The maximum Gasteiger partial charge on any atom is 0.412 e. The highest BCUT2D eigenvalue weighted by Gasteiger charge is 2.49. The SMILES string of the molecule is CC(C)(C)OC(=O)Nc1ccc2c(c1)C1(COc3ccccc3OC1)OC2=O. The summed E-state index contributed by atoms with van der Waals surface area (Å²) >= 11 is 0. The summed E-state index contributed by atoms with van der Waals surface area (Å²) in [6, 6.07) is 12.2. The second-order valence-corrected chi connectivity index (χ2v) is 7.80. The fourth-order valence-electron chi connectivity index (χ4n) is 3.22. The molecule has 0 aromatic heterocycles. The largest absolute Gasteiger partial charge is 0.485 e. The third-order valence-corrected chi connectivity index (χ3v) is 4.43. The number of para-hydroxylation sites is 2. The topological polar surface area (TPSA) is 83.1 Å².